The number of benzene rings is 1. The normalized spacial score (nSPS) is 12.2. The number of ether oxygens (including phenoxy) is 1. The molecule has 0 radical (unpaired) electrons. The van der Waals surface area contributed by atoms with Gasteiger partial charge in [-0.1, -0.05) is 61.7 Å². The summed E-state index contributed by atoms with van der Waals surface area (Å²) in [6.45, 7) is 0.858. The average Bonchev–Trinajstić information content (AvgIpc) is 3.30. The van der Waals surface area contributed by atoms with E-state index in [0.29, 0.717) is 13.0 Å². The molecule has 0 bridgehead atoms. The van der Waals surface area contributed by atoms with Crippen LogP contribution in [0.4, 0.5) is 0 Å². The number of carbonyl (C=O) groups excluding carboxylic acids is 2. The first-order valence-electron chi connectivity index (χ1n) is 11.9. The third-order valence-electron chi connectivity index (χ3n) is 5.23. The number of nitrogens with one attached hydrogen (secondary N) is 1. The first-order chi connectivity index (χ1) is 16.0. The fourth-order valence-corrected chi connectivity index (χ4v) is 4.20. The molecular formula is C27H38N2O3S. The van der Waals surface area contributed by atoms with E-state index in [4.69, 9.17) is 4.74 Å². The van der Waals surface area contributed by atoms with Crippen LogP contribution in [0.1, 0.15) is 62.5 Å². The molecule has 2 rings (SSSR count). The van der Waals surface area contributed by atoms with E-state index in [1.54, 1.807) is 11.3 Å². The van der Waals surface area contributed by atoms with Crippen LogP contribution >= 0.6 is 11.3 Å². The van der Waals surface area contributed by atoms with Gasteiger partial charge in [0.1, 0.15) is 6.61 Å². The lowest BCUT2D eigenvalue weighted by molar-refractivity contribution is -0.145. The minimum absolute atomic E-state index is 0.0106. The van der Waals surface area contributed by atoms with Gasteiger partial charge in [0.05, 0.1) is 12.5 Å². The number of unbranched alkanes of at least 4 members (excludes halogenated alkanes) is 5. The van der Waals surface area contributed by atoms with Crippen molar-refractivity contribution in [1.82, 2.24) is 10.2 Å². The lowest BCUT2D eigenvalue weighted by atomic mass is 10.1. The van der Waals surface area contributed by atoms with Crippen molar-refractivity contribution >= 4 is 29.3 Å². The lowest BCUT2D eigenvalue weighted by Crippen LogP contribution is -2.43. The fourth-order valence-electron chi connectivity index (χ4n) is 3.57. The summed E-state index contributed by atoms with van der Waals surface area (Å²) in [5.41, 5.74) is 2.24. The molecule has 1 aromatic carbocycles. The summed E-state index contributed by atoms with van der Waals surface area (Å²) in [6, 6.07) is 11.5. The van der Waals surface area contributed by atoms with Gasteiger partial charge in [-0.2, -0.15) is 11.3 Å². The fraction of sp³-hybridized carbons (Fsp3) is 0.481. The van der Waals surface area contributed by atoms with Crippen LogP contribution in [-0.2, 0) is 20.9 Å². The molecule has 2 aromatic rings. The molecule has 0 saturated carbocycles. The van der Waals surface area contributed by atoms with Crippen molar-refractivity contribution in [2.24, 2.45) is 0 Å². The standard InChI is InChI=1S/C27H38N2O3S/c1-29(2)20-25(19-27(31)32-21-23-13-10-8-11-14-23)28-26(30)16-12-7-5-3-4-6-9-15-24-17-18-33-22-24/h8-11,13-15,17-18,22,25H,3-7,12,16,19-21H2,1-2H3,(H,28,30). The summed E-state index contributed by atoms with van der Waals surface area (Å²) in [5.74, 6) is -0.282. The molecule has 1 unspecified atom stereocenters. The minimum Gasteiger partial charge on any atom is -0.461 e. The van der Waals surface area contributed by atoms with Crippen LogP contribution in [0.2, 0.25) is 0 Å². The van der Waals surface area contributed by atoms with Crippen molar-refractivity contribution in [3.05, 3.63) is 64.4 Å². The van der Waals surface area contributed by atoms with Crippen molar-refractivity contribution in [2.75, 3.05) is 20.6 Å². The summed E-state index contributed by atoms with van der Waals surface area (Å²) in [6.07, 6.45) is 11.7. The molecule has 6 heteroatoms. The van der Waals surface area contributed by atoms with Crippen molar-refractivity contribution in [1.29, 1.82) is 0 Å². The number of carbonyl (C=O) groups is 2. The maximum atomic E-state index is 12.4. The van der Waals surface area contributed by atoms with Gasteiger partial charge >= 0.3 is 5.97 Å². The summed E-state index contributed by atoms with van der Waals surface area (Å²) >= 11 is 1.72. The van der Waals surface area contributed by atoms with Crippen molar-refractivity contribution < 1.29 is 14.3 Å². The quantitative estimate of drug-likeness (QED) is 0.254. The first-order valence-corrected chi connectivity index (χ1v) is 12.8. The molecule has 1 N–H and O–H groups in total. The molecule has 1 amide bonds. The number of amides is 1. The van der Waals surface area contributed by atoms with Crippen LogP contribution in [0.25, 0.3) is 6.08 Å². The largest absolute Gasteiger partial charge is 0.461 e. The Morgan fingerprint density at radius 3 is 2.55 bits per heavy atom. The van der Waals surface area contributed by atoms with E-state index >= 15 is 0 Å². The Kier molecular flexibility index (Phi) is 13.2. The molecule has 1 heterocycles. The Bertz CT molecular complexity index is 819. The average molecular weight is 471 g/mol. The number of likely N-dealkylation sites (N-methyl/N-ethyl adjacent to an activating group) is 1. The van der Waals surface area contributed by atoms with E-state index in [9.17, 15) is 9.59 Å². The Balaban J connectivity index is 1.57. The molecule has 5 nitrogen and oxygen atoms in total. The zero-order chi connectivity index (χ0) is 23.7. The van der Waals surface area contributed by atoms with Crippen molar-refractivity contribution in [2.45, 2.75) is 64.0 Å². The van der Waals surface area contributed by atoms with E-state index in [2.05, 4.69) is 34.3 Å². The van der Waals surface area contributed by atoms with Gasteiger partial charge in [-0.3, -0.25) is 9.59 Å². The molecule has 1 atom stereocenters. The van der Waals surface area contributed by atoms with Crippen LogP contribution in [-0.4, -0.2) is 43.5 Å². The first kappa shape index (κ1) is 26.8. The van der Waals surface area contributed by atoms with Gasteiger partial charge in [-0.25, -0.2) is 0 Å². The van der Waals surface area contributed by atoms with Crippen molar-refractivity contribution in [3.8, 4) is 0 Å². The molecular weight excluding hydrogens is 432 g/mol. The maximum absolute atomic E-state index is 12.4. The van der Waals surface area contributed by atoms with Crippen LogP contribution in [0, 0.1) is 0 Å². The SMILES string of the molecule is CN(C)CC(CC(=O)OCc1ccccc1)NC(=O)CCCCCCCC=Cc1ccsc1. The summed E-state index contributed by atoms with van der Waals surface area (Å²) in [4.78, 5) is 26.6. The van der Waals surface area contributed by atoms with Crippen LogP contribution in [0.3, 0.4) is 0 Å². The Morgan fingerprint density at radius 1 is 1.06 bits per heavy atom. The molecule has 33 heavy (non-hydrogen) atoms. The van der Waals surface area contributed by atoms with E-state index in [0.717, 1.165) is 31.2 Å². The van der Waals surface area contributed by atoms with E-state index in [1.807, 2.05) is 49.3 Å². The molecule has 0 saturated heterocycles. The summed E-state index contributed by atoms with van der Waals surface area (Å²) in [7, 11) is 3.87. The highest BCUT2D eigenvalue weighted by Gasteiger charge is 2.18. The minimum atomic E-state index is -0.293. The molecule has 180 valence electrons. The number of hydrogen-bond acceptors (Lipinski definition) is 5. The molecule has 0 aliphatic heterocycles. The van der Waals surface area contributed by atoms with Gasteiger partial charge in [0.15, 0.2) is 0 Å². The number of rotatable bonds is 16. The molecule has 1 aromatic heterocycles. The van der Waals surface area contributed by atoms with Crippen LogP contribution < -0.4 is 5.32 Å². The molecule has 0 fully saturated rings. The van der Waals surface area contributed by atoms with Gasteiger partial charge < -0.3 is 15.0 Å². The number of allylic oxidation sites excluding steroid dienone is 1. The highest BCUT2D eigenvalue weighted by molar-refractivity contribution is 7.08. The third kappa shape index (κ3) is 13.0. The number of nitrogens with zero attached hydrogens (tertiary/aromatic N) is 1. The monoisotopic (exact) mass is 470 g/mol. The van der Waals surface area contributed by atoms with E-state index < -0.39 is 0 Å². The zero-order valence-electron chi connectivity index (χ0n) is 20.0. The van der Waals surface area contributed by atoms with Crippen LogP contribution in [0.5, 0.6) is 0 Å². The van der Waals surface area contributed by atoms with Crippen molar-refractivity contribution in [3.63, 3.8) is 0 Å². The van der Waals surface area contributed by atoms with Gasteiger partial charge in [0, 0.05) is 13.0 Å². The maximum Gasteiger partial charge on any atom is 0.308 e. The predicted octanol–water partition coefficient (Wildman–Crippen LogP) is 5.67. The number of thiophene rings is 1. The third-order valence-corrected chi connectivity index (χ3v) is 5.94. The zero-order valence-corrected chi connectivity index (χ0v) is 20.8. The second kappa shape index (κ2) is 16.2. The van der Waals surface area contributed by atoms with Gasteiger partial charge in [0.2, 0.25) is 5.91 Å². The van der Waals surface area contributed by atoms with Gasteiger partial charge in [-0.05, 0) is 61.3 Å². The second-order valence-corrected chi connectivity index (χ2v) is 9.42. The Hall–Kier alpha value is -2.44. The summed E-state index contributed by atoms with van der Waals surface area (Å²) < 4.78 is 5.38. The Morgan fingerprint density at radius 2 is 1.82 bits per heavy atom. The predicted molar refractivity (Wildman–Crippen MR) is 137 cm³/mol. The van der Waals surface area contributed by atoms with Crippen LogP contribution in [0.15, 0.2) is 53.2 Å². The number of hydrogen-bond donors (Lipinski definition) is 1. The smallest absolute Gasteiger partial charge is 0.308 e. The highest BCUT2D eigenvalue weighted by atomic mass is 32.1. The Labute approximate surface area is 202 Å². The topological polar surface area (TPSA) is 58.6 Å². The highest BCUT2D eigenvalue weighted by Crippen LogP contribution is 2.11. The molecule has 0 spiro atoms. The van der Waals surface area contributed by atoms with Gasteiger partial charge in [-0.15, -0.1) is 0 Å². The van der Waals surface area contributed by atoms with Gasteiger partial charge in [0.25, 0.3) is 0 Å². The molecule has 0 aliphatic carbocycles. The summed E-state index contributed by atoms with van der Waals surface area (Å²) in [5, 5.41) is 7.26. The van der Waals surface area contributed by atoms with E-state index in [-0.39, 0.29) is 30.9 Å². The van der Waals surface area contributed by atoms with E-state index in [1.165, 1.54) is 18.4 Å². The molecule has 0 aliphatic rings. The second-order valence-electron chi connectivity index (χ2n) is 8.64. The number of esters is 1. The lowest BCUT2D eigenvalue weighted by Gasteiger charge is -2.22.